The number of halogens is 1. The molecule has 0 fully saturated rings. The summed E-state index contributed by atoms with van der Waals surface area (Å²) < 4.78 is 15.4. The standard InChI is InChI=1S/C19H14FN5O/c1-25-11-17(23-24-25)12-6-7-13-10-21-18(9-14(13)8-12)22-19(26)15-4-2-3-5-16(15)20/h2-11H,1H3,(H,21,22,26). The molecule has 0 saturated heterocycles. The molecule has 4 aromatic rings. The van der Waals surface area contributed by atoms with E-state index in [0.29, 0.717) is 5.82 Å². The molecule has 1 N–H and O–H groups in total. The number of hydrogen-bond donors (Lipinski definition) is 1. The SMILES string of the molecule is Cn1cc(-c2ccc3cnc(NC(=O)c4ccccc4F)cc3c2)nn1. The van der Waals surface area contributed by atoms with Crippen LogP contribution >= 0.6 is 0 Å². The molecular formula is C19H14FN5O. The van der Waals surface area contributed by atoms with Gasteiger partial charge in [-0.1, -0.05) is 29.5 Å². The number of nitrogens with one attached hydrogen (secondary N) is 1. The molecule has 0 saturated carbocycles. The minimum atomic E-state index is -0.573. The third-order valence-corrected chi connectivity index (χ3v) is 3.98. The normalized spacial score (nSPS) is 10.8. The van der Waals surface area contributed by atoms with E-state index in [0.717, 1.165) is 22.0 Å². The summed E-state index contributed by atoms with van der Waals surface area (Å²) in [5.74, 6) is -0.766. The number of benzene rings is 2. The maximum Gasteiger partial charge on any atom is 0.259 e. The minimum Gasteiger partial charge on any atom is -0.306 e. The fourth-order valence-corrected chi connectivity index (χ4v) is 2.68. The van der Waals surface area contributed by atoms with Gasteiger partial charge in [-0.05, 0) is 29.7 Å². The van der Waals surface area contributed by atoms with E-state index in [1.165, 1.54) is 18.2 Å². The molecule has 2 aromatic carbocycles. The van der Waals surface area contributed by atoms with Crippen molar-refractivity contribution in [3.63, 3.8) is 0 Å². The first-order chi connectivity index (χ1) is 12.6. The topological polar surface area (TPSA) is 72.7 Å². The summed E-state index contributed by atoms with van der Waals surface area (Å²) in [6.07, 6.45) is 3.48. The van der Waals surface area contributed by atoms with Crippen molar-refractivity contribution in [1.82, 2.24) is 20.0 Å². The third-order valence-electron chi connectivity index (χ3n) is 3.98. The average Bonchev–Trinajstić information content (AvgIpc) is 3.08. The number of amides is 1. The Balaban J connectivity index is 1.66. The van der Waals surface area contributed by atoms with Gasteiger partial charge in [-0.25, -0.2) is 9.37 Å². The molecule has 0 spiro atoms. The first kappa shape index (κ1) is 15.9. The largest absolute Gasteiger partial charge is 0.306 e. The Hall–Kier alpha value is -3.61. The van der Waals surface area contributed by atoms with Crippen LogP contribution in [0.4, 0.5) is 10.2 Å². The highest BCUT2D eigenvalue weighted by atomic mass is 19.1. The van der Waals surface area contributed by atoms with Crippen molar-refractivity contribution in [1.29, 1.82) is 0 Å². The smallest absolute Gasteiger partial charge is 0.259 e. The number of pyridine rings is 1. The lowest BCUT2D eigenvalue weighted by molar-refractivity contribution is 0.102. The van der Waals surface area contributed by atoms with E-state index in [-0.39, 0.29) is 5.56 Å². The highest BCUT2D eigenvalue weighted by Gasteiger charge is 2.12. The Kier molecular flexibility index (Phi) is 3.89. The number of aromatic nitrogens is 4. The first-order valence-electron chi connectivity index (χ1n) is 7.92. The van der Waals surface area contributed by atoms with E-state index in [9.17, 15) is 9.18 Å². The second-order valence-corrected chi connectivity index (χ2v) is 5.84. The van der Waals surface area contributed by atoms with Gasteiger partial charge >= 0.3 is 0 Å². The van der Waals surface area contributed by atoms with Crippen LogP contribution in [-0.2, 0) is 7.05 Å². The predicted molar refractivity (Wildman–Crippen MR) is 96.1 cm³/mol. The zero-order valence-corrected chi connectivity index (χ0v) is 13.8. The lowest BCUT2D eigenvalue weighted by atomic mass is 10.1. The van der Waals surface area contributed by atoms with Gasteiger partial charge in [0.2, 0.25) is 0 Å². The van der Waals surface area contributed by atoms with Crippen LogP contribution in [0.15, 0.2) is 60.9 Å². The van der Waals surface area contributed by atoms with Gasteiger partial charge in [0.05, 0.1) is 11.8 Å². The highest BCUT2D eigenvalue weighted by Crippen LogP contribution is 2.24. The van der Waals surface area contributed by atoms with Crippen LogP contribution in [0, 0.1) is 5.82 Å². The summed E-state index contributed by atoms with van der Waals surface area (Å²) in [7, 11) is 1.80. The fourth-order valence-electron chi connectivity index (χ4n) is 2.68. The van der Waals surface area contributed by atoms with Crippen LogP contribution in [0.1, 0.15) is 10.4 Å². The van der Waals surface area contributed by atoms with E-state index in [1.807, 2.05) is 24.4 Å². The molecule has 0 bridgehead atoms. The van der Waals surface area contributed by atoms with Crippen LogP contribution in [-0.4, -0.2) is 25.9 Å². The predicted octanol–water partition coefficient (Wildman–Crippen LogP) is 3.42. The molecule has 6 nitrogen and oxygen atoms in total. The molecule has 26 heavy (non-hydrogen) atoms. The molecule has 0 radical (unpaired) electrons. The van der Waals surface area contributed by atoms with Crippen molar-refractivity contribution in [2.24, 2.45) is 7.05 Å². The minimum absolute atomic E-state index is 0.0253. The van der Waals surface area contributed by atoms with Gasteiger partial charge in [0.15, 0.2) is 0 Å². The number of carbonyl (C=O) groups excluding carboxylic acids is 1. The maximum atomic E-state index is 13.7. The lowest BCUT2D eigenvalue weighted by Crippen LogP contribution is -2.14. The van der Waals surface area contributed by atoms with Gasteiger partial charge in [0, 0.05) is 24.2 Å². The summed E-state index contributed by atoms with van der Waals surface area (Å²) in [6.45, 7) is 0. The van der Waals surface area contributed by atoms with Gasteiger partial charge < -0.3 is 5.32 Å². The highest BCUT2D eigenvalue weighted by molar-refractivity contribution is 6.04. The van der Waals surface area contributed by atoms with E-state index < -0.39 is 11.7 Å². The maximum absolute atomic E-state index is 13.7. The number of aryl methyl sites for hydroxylation is 1. The van der Waals surface area contributed by atoms with E-state index >= 15 is 0 Å². The van der Waals surface area contributed by atoms with Crippen LogP contribution < -0.4 is 5.32 Å². The first-order valence-corrected chi connectivity index (χ1v) is 7.92. The van der Waals surface area contributed by atoms with Crippen molar-refractivity contribution in [3.05, 3.63) is 72.3 Å². The van der Waals surface area contributed by atoms with Crippen molar-refractivity contribution in [3.8, 4) is 11.3 Å². The van der Waals surface area contributed by atoms with Crippen molar-refractivity contribution in [2.45, 2.75) is 0 Å². The zero-order valence-electron chi connectivity index (χ0n) is 13.8. The molecule has 128 valence electrons. The van der Waals surface area contributed by atoms with Gasteiger partial charge in [0.1, 0.15) is 17.3 Å². The van der Waals surface area contributed by atoms with Gasteiger partial charge in [-0.3, -0.25) is 9.48 Å². The second kappa shape index (κ2) is 6.36. The summed E-state index contributed by atoms with van der Waals surface area (Å²) in [6, 6.07) is 13.4. The number of rotatable bonds is 3. The molecule has 0 aliphatic carbocycles. The molecule has 7 heteroatoms. The van der Waals surface area contributed by atoms with Crippen LogP contribution in [0.2, 0.25) is 0 Å². The summed E-state index contributed by atoms with van der Waals surface area (Å²) in [5.41, 5.74) is 1.63. The molecular weight excluding hydrogens is 333 g/mol. The second-order valence-electron chi connectivity index (χ2n) is 5.84. The molecule has 0 aliphatic rings. The molecule has 1 amide bonds. The quantitative estimate of drug-likeness (QED) is 0.616. The van der Waals surface area contributed by atoms with Crippen molar-refractivity contribution in [2.75, 3.05) is 5.32 Å². The molecule has 0 atom stereocenters. The molecule has 2 heterocycles. The number of anilines is 1. The Morgan fingerprint density at radius 2 is 1.96 bits per heavy atom. The van der Waals surface area contributed by atoms with Gasteiger partial charge in [0.25, 0.3) is 5.91 Å². The Morgan fingerprint density at radius 1 is 1.12 bits per heavy atom. The molecule has 4 rings (SSSR count). The van der Waals surface area contributed by atoms with E-state index in [1.54, 1.807) is 30.1 Å². The van der Waals surface area contributed by atoms with Crippen molar-refractivity contribution < 1.29 is 9.18 Å². The Labute approximate surface area is 148 Å². The summed E-state index contributed by atoms with van der Waals surface area (Å²) in [4.78, 5) is 16.5. The van der Waals surface area contributed by atoms with E-state index in [4.69, 9.17) is 0 Å². The van der Waals surface area contributed by atoms with Gasteiger partial charge in [-0.2, -0.15) is 0 Å². The number of nitrogens with zero attached hydrogens (tertiary/aromatic N) is 4. The van der Waals surface area contributed by atoms with Crippen molar-refractivity contribution >= 4 is 22.5 Å². The molecule has 2 aromatic heterocycles. The van der Waals surface area contributed by atoms with Crippen LogP contribution in [0.25, 0.3) is 22.0 Å². The number of fused-ring (bicyclic) bond motifs is 1. The Bertz CT molecular complexity index is 1120. The Morgan fingerprint density at radius 3 is 2.73 bits per heavy atom. The molecule has 0 aliphatic heterocycles. The summed E-state index contributed by atoms with van der Waals surface area (Å²) >= 11 is 0. The monoisotopic (exact) mass is 347 g/mol. The van der Waals surface area contributed by atoms with Gasteiger partial charge in [-0.15, -0.1) is 5.10 Å². The fraction of sp³-hybridized carbons (Fsp3) is 0.0526. The third kappa shape index (κ3) is 3.02. The average molecular weight is 347 g/mol. The zero-order chi connectivity index (χ0) is 18.1. The number of carbonyl (C=O) groups is 1. The molecule has 0 unspecified atom stereocenters. The van der Waals surface area contributed by atoms with Crippen LogP contribution in [0.5, 0.6) is 0 Å². The van der Waals surface area contributed by atoms with E-state index in [2.05, 4.69) is 20.6 Å². The number of hydrogen-bond acceptors (Lipinski definition) is 4. The lowest BCUT2D eigenvalue weighted by Gasteiger charge is -2.07. The van der Waals surface area contributed by atoms with Crippen LogP contribution in [0.3, 0.4) is 0 Å². The summed E-state index contributed by atoms with van der Waals surface area (Å²) in [5, 5.41) is 12.5.